The fourth-order valence-corrected chi connectivity index (χ4v) is 3.54. The molecule has 1 aromatic heterocycles. The first-order valence-electron chi connectivity index (χ1n) is 7.41. The van der Waals surface area contributed by atoms with Gasteiger partial charge in [0.15, 0.2) is 11.5 Å². The molecule has 132 valence electrons. The molecule has 1 aliphatic rings. The third kappa shape index (κ3) is 4.94. The van der Waals surface area contributed by atoms with E-state index in [1.165, 1.54) is 0 Å². The molecule has 0 atom stereocenters. The number of nitrogens with one attached hydrogen (secondary N) is 2. The largest absolute Gasteiger partial charge is 0.454 e. The van der Waals surface area contributed by atoms with Crippen LogP contribution >= 0.6 is 27.3 Å². The van der Waals surface area contributed by atoms with Crippen molar-refractivity contribution in [2.75, 3.05) is 25.7 Å². The summed E-state index contributed by atoms with van der Waals surface area (Å²) in [5.41, 5.74) is 1.63. The van der Waals surface area contributed by atoms with Crippen molar-refractivity contribution in [2.45, 2.75) is 6.54 Å². The third-order valence-electron chi connectivity index (χ3n) is 3.37. The van der Waals surface area contributed by atoms with Gasteiger partial charge in [-0.2, -0.15) is 0 Å². The van der Waals surface area contributed by atoms with Gasteiger partial charge in [-0.25, -0.2) is 4.79 Å². The Morgan fingerprint density at radius 1 is 1.28 bits per heavy atom. The highest BCUT2D eigenvalue weighted by Gasteiger charge is 2.15. The van der Waals surface area contributed by atoms with Crippen LogP contribution in [-0.4, -0.2) is 37.2 Å². The Hall–Kier alpha value is -2.10. The fourth-order valence-electron chi connectivity index (χ4n) is 2.34. The number of anilines is 1. The molecule has 1 aliphatic heterocycles. The molecule has 2 aromatic rings. The number of imide groups is 1. The molecule has 0 saturated heterocycles. The van der Waals surface area contributed by atoms with E-state index in [0.717, 1.165) is 9.35 Å². The van der Waals surface area contributed by atoms with Crippen LogP contribution in [-0.2, 0) is 11.3 Å². The van der Waals surface area contributed by atoms with E-state index in [1.54, 1.807) is 29.5 Å². The number of ether oxygens (including phenoxy) is 2. The molecule has 7 nitrogen and oxygen atoms in total. The summed E-state index contributed by atoms with van der Waals surface area (Å²) >= 11 is 5.00. The van der Waals surface area contributed by atoms with Crippen molar-refractivity contribution in [3.8, 4) is 11.5 Å². The fraction of sp³-hybridized carbons (Fsp3) is 0.250. The first kappa shape index (κ1) is 17.7. The highest BCUT2D eigenvalue weighted by molar-refractivity contribution is 9.11. The summed E-state index contributed by atoms with van der Waals surface area (Å²) in [6.45, 7) is 0.901. The lowest BCUT2D eigenvalue weighted by atomic mass is 10.3. The number of carbonyl (C=O) groups excluding carboxylic acids is 2. The molecule has 0 spiro atoms. The number of benzene rings is 1. The van der Waals surface area contributed by atoms with Gasteiger partial charge in [0.05, 0.1) is 10.3 Å². The van der Waals surface area contributed by atoms with Gasteiger partial charge in [-0.05, 0) is 52.1 Å². The highest BCUT2D eigenvalue weighted by Crippen LogP contribution is 2.34. The molecule has 0 aliphatic carbocycles. The molecular weight excluding hydrogens is 410 g/mol. The number of thiophene rings is 1. The minimum atomic E-state index is -0.587. The summed E-state index contributed by atoms with van der Waals surface area (Å²) < 4.78 is 11.5. The summed E-state index contributed by atoms with van der Waals surface area (Å²) in [6.07, 6.45) is 0. The standard InChI is InChI=1S/C16H16BrN3O4S/c1-20(6-10-4-14(17)25-8-10)7-15(21)19-16(22)18-11-2-3-12-13(5-11)24-9-23-12/h2-5,8H,6-7,9H2,1H3,(H2,18,19,21,22). The zero-order valence-corrected chi connectivity index (χ0v) is 15.8. The van der Waals surface area contributed by atoms with Crippen LogP contribution in [0.5, 0.6) is 11.5 Å². The Kier molecular flexibility index (Phi) is 5.57. The molecule has 1 aromatic carbocycles. The second-order valence-electron chi connectivity index (χ2n) is 5.50. The summed E-state index contributed by atoms with van der Waals surface area (Å²) in [4.78, 5) is 25.7. The number of carbonyl (C=O) groups is 2. The van der Waals surface area contributed by atoms with Crippen LogP contribution in [0.4, 0.5) is 10.5 Å². The maximum Gasteiger partial charge on any atom is 0.325 e. The lowest BCUT2D eigenvalue weighted by Crippen LogP contribution is -2.40. The van der Waals surface area contributed by atoms with Gasteiger partial charge >= 0.3 is 6.03 Å². The van der Waals surface area contributed by atoms with E-state index in [9.17, 15) is 9.59 Å². The topological polar surface area (TPSA) is 79.9 Å². The minimum absolute atomic E-state index is 0.113. The van der Waals surface area contributed by atoms with Crippen molar-refractivity contribution in [1.82, 2.24) is 10.2 Å². The number of fused-ring (bicyclic) bond motifs is 1. The zero-order chi connectivity index (χ0) is 17.8. The number of nitrogens with zero attached hydrogens (tertiary/aromatic N) is 1. The average molecular weight is 426 g/mol. The molecule has 0 fully saturated rings. The van der Waals surface area contributed by atoms with Crippen LogP contribution in [0.2, 0.25) is 0 Å². The van der Waals surface area contributed by atoms with Gasteiger partial charge in [0.1, 0.15) is 0 Å². The van der Waals surface area contributed by atoms with Crippen molar-refractivity contribution < 1.29 is 19.1 Å². The van der Waals surface area contributed by atoms with E-state index in [0.29, 0.717) is 23.7 Å². The van der Waals surface area contributed by atoms with Gasteiger partial charge in [0, 0.05) is 18.3 Å². The quantitative estimate of drug-likeness (QED) is 0.769. The summed E-state index contributed by atoms with van der Waals surface area (Å²) in [5.74, 6) is 0.810. The van der Waals surface area contributed by atoms with E-state index >= 15 is 0 Å². The van der Waals surface area contributed by atoms with Gasteiger partial charge in [-0.3, -0.25) is 15.0 Å². The van der Waals surface area contributed by atoms with Crippen molar-refractivity contribution in [1.29, 1.82) is 0 Å². The smallest absolute Gasteiger partial charge is 0.325 e. The van der Waals surface area contributed by atoms with Gasteiger partial charge in [0.25, 0.3) is 0 Å². The lowest BCUT2D eigenvalue weighted by molar-refractivity contribution is -0.120. The third-order valence-corrected chi connectivity index (χ3v) is 4.92. The number of hydrogen-bond donors (Lipinski definition) is 2. The molecule has 0 radical (unpaired) electrons. The Morgan fingerprint density at radius 2 is 2.08 bits per heavy atom. The number of rotatable bonds is 5. The van der Waals surface area contributed by atoms with Crippen molar-refractivity contribution >= 4 is 44.9 Å². The Balaban J connectivity index is 1.46. The molecule has 2 heterocycles. The molecule has 25 heavy (non-hydrogen) atoms. The van der Waals surface area contributed by atoms with Crippen LogP contribution in [0.3, 0.4) is 0 Å². The van der Waals surface area contributed by atoms with Crippen LogP contribution in [0.25, 0.3) is 0 Å². The first-order valence-corrected chi connectivity index (χ1v) is 9.09. The lowest BCUT2D eigenvalue weighted by Gasteiger charge is -2.15. The summed E-state index contributed by atoms with van der Waals surface area (Å²) in [6, 6.07) is 6.44. The number of likely N-dealkylation sites (N-methyl/N-ethyl adjacent to an activating group) is 1. The Morgan fingerprint density at radius 3 is 2.84 bits per heavy atom. The van der Waals surface area contributed by atoms with E-state index < -0.39 is 6.03 Å². The van der Waals surface area contributed by atoms with Crippen molar-refractivity contribution in [3.63, 3.8) is 0 Å². The molecule has 0 bridgehead atoms. The molecule has 0 unspecified atom stereocenters. The first-order chi connectivity index (χ1) is 12.0. The average Bonchev–Trinajstić information content (AvgIpc) is 3.15. The molecule has 0 saturated carbocycles. The Bertz CT molecular complexity index is 795. The van der Waals surface area contributed by atoms with Gasteiger partial charge in [-0.15, -0.1) is 11.3 Å². The van der Waals surface area contributed by atoms with E-state index in [2.05, 4.69) is 26.6 Å². The van der Waals surface area contributed by atoms with E-state index in [4.69, 9.17) is 9.47 Å². The molecule has 9 heteroatoms. The maximum atomic E-state index is 12.0. The normalized spacial score (nSPS) is 12.3. The monoisotopic (exact) mass is 425 g/mol. The molecule has 3 amide bonds. The van der Waals surface area contributed by atoms with Crippen LogP contribution in [0.15, 0.2) is 33.4 Å². The van der Waals surface area contributed by atoms with Crippen molar-refractivity contribution in [2.24, 2.45) is 0 Å². The van der Waals surface area contributed by atoms with Crippen LogP contribution in [0.1, 0.15) is 5.56 Å². The second-order valence-corrected chi connectivity index (χ2v) is 7.79. The summed E-state index contributed by atoms with van der Waals surface area (Å²) in [5, 5.41) is 6.93. The Labute approximate surface area is 157 Å². The molecule has 3 rings (SSSR count). The number of hydrogen-bond acceptors (Lipinski definition) is 6. The number of halogens is 1. The van der Waals surface area contributed by atoms with Crippen LogP contribution < -0.4 is 20.1 Å². The van der Waals surface area contributed by atoms with Gasteiger partial charge in [-0.1, -0.05) is 0 Å². The second kappa shape index (κ2) is 7.85. The minimum Gasteiger partial charge on any atom is -0.454 e. The van der Waals surface area contributed by atoms with Gasteiger partial charge in [0.2, 0.25) is 12.7 Å². The predicted molar refractivity (Wildman–Crippen MR) is 98.1 cm³/mol. The van der Waals surface area contributed by atoms with E-state index in [1.807, 2.05) is 23.4 Å². The summed E-state index contributed by atoms with van der Waals surface area (Å²) in [7, 11) is 1.82. The molecular formula is C16H16BrN3O4S. The van der Waals surface area contributed by atoms with Crippen molar-refractivity contribution in [3.05, 3.63) is 39.0 Å². The highest BCUT2D eigenvalue weighted by atomic mass is 79.9. The predicted octanol–water partition coefficient (Wildman–Crippen LogP) is 3.02. The van der Waals surface area contributed by atoms with Crippen LogP contribution in [0, 0.1) is 0 Å². The molecule has 2 N–H and O–H groups in total. The maximum absolute atomic E-state index is 12.0. The zero-order valence-electron chi connectivity index (χ0n) is 13.4. The van der Waals surface area contributed by atoms with Gasteiger partial charge < -0.3 is 14.8 Å². The SMILES string of the molecule is CN(CC(=O)NC(=O)Nc1ccc2c(c1)OCO2)Cc1csc(Br)c1. The van der Waals surface area contributed by atoms with E-state index in [-0.39, 0.29) is 19.2 Å². The number of amides is 3. The number of urea groups is 1.